The van der Waals surface area contributed by atoms with Crippen LogP contribution in [0.1, 0.15) is 15.9 Å². The van der Waals surface area contributed by atoms with Crippen molar-refractivity contribution in [2.75, 3.05) is 6.61 Å². The molecule has 18 heavy (non-hydrogen) atoms. The van der Waals surface area contributed by atoms with Crippen molar-refractivity contribution in [3.8, 4) is 5.75 Å². The Morgan fingerprint density at radius 2 is 2.06 bits per heavy atom. The van der Waals surface area contributed by atoms with Crippen LogP contribution in [-0.2, 0) is 6.42 Å². The number of benzene rings is 1. The molecule has 98 valence electrons. The molecule has 0 radical (unpaired) electrons. The highest BCUT2D eigenvalue weighted by Gasteiger charge is 2.50. The maximum absolute atomic E-state index is 13.1. The van der Waals surface area contributed by atoms with Gasteiger partial charge in [0, 0.05) is 10.9 Å². The summed E-state index contributed by atoms with van der Waals surface area (Å²) < 4.78 is 55.9. The van der Waals surface area contributed by atoms with E-state index in [9.17, 15) is 22.4 Å². The lowest BCUT2D eigenvalue weighted by Gasteiger charge is -2.15. The lowest BCUT2D eigenvalue weighted by atomic mass is 10.0. The normalized spacial score (nSPS) is 14.6. The second-order valence-corrected chi connectivity index (χ2v) is 4.71. The molecule has 7 heteroatoms. The summed E-state index contributed by atoms with van der Waals surface area (Å²) in [5.41, 5.74) is 0.0416. The van der Waals surface area contributed by atoms with Crippen LogP contribution in [0.4, 0.5) is 17.6 Å². The van der Waals surface area contributed by atoms with Gasteiger partial charge in [-0.25, -0.2) is 8.78 Å². The van der Waals surface area contributed by atoms with Gasteiger partial charge in [0.25, 0.3) is 0 Å². The van der Waals surface area contributed by atoms with Gasteiger partial charge in [0.2, 0.25) is 5.78 Å². The minimum atomic E-state index is -4.71. The Hall–Kier alpha value is -1.11. The van der Waals surface area contributed by atoms with E-state index in [4.69, 9.17) is 4.74 Å². The standard InChI is InChI=1S/C11H7BrF4O2/c12-6-3-5-1-2-18-8(5)7(4-6)9(17)11(15,16)10(13)14/h3-4,10H,1-2H2. The summed E-state index contributed by atoms with van der Waals surface area (Å²) in [6.45, 7) is 0.242. The molecular weight excluding hydrogens is 320 g/mol. The molecule has 1 heterocycles. The van der Waals surface area contributed by atoms with E-state index >= 15 is 0 Å². The van der Waals surface area contributed by atoms with E-state index in [0.717, 1.165) is 6.07 Å². The average Bonchev–Trinajstić information content (AvgIpc) is 2.74. The second-order valence-electron chi connectivity index (χ2n) is 3.79. The lowest BCUT2D eigenvalue weighted by Crippen LogP contribution is -2.36. The van der Waals surface area contributed by atoms with E-state index in [1.807, 2.05) is 0 Å². The zero-order valence-electron chi connectivity index (χ0n) is 8.85. The molecule has 1 aliphatic rings. The molecule has 1 aliphatic heterocycles. The first-order valence-corrected chi connectivity index (χ1v) is 5.79. The highest BCUT2D eigenvalue weighted by Crippen LogP contribution is 2.37. The van der Waals surface area contributed by atoms with Gasteiger partial charge in [0.1, 0.15) is 5.75 Å². The van der Waals surface area contributed by atoms with Crippen molar-refractivity contribution in [3.05, 3.63) is 27.7 Å². The van der Waals surface area contributed by atoms with E-state index < -0.39 is 23.7 Å². The highest BCUT2D eigenvalue weighted by molar-refractivity contribution is 9.10. The Bertz CT molecular complexity index is 502. The molecule has 2 rings (SSSR count). The highest BCUT2D eigenvalue weighted by atomic mass is 79.9. The summed E-state index contributed by atoms with van der Waals surface area (Å²) in [4.78, 5) is 11.5. The summed E-state index contributed by atoms with van der Waals surface area (Å²) in [6, 6.07) is 2.68. The fourth-order valence-corrected chi connectivity index (χ4v) is 2.22. The van der Waals surface area contributed by atoms with Crippen LogP contribution in [0, 0.1) is 0 Å². The number of fused-ring (bicyclic) bond motifs is 1. The molecule has 0 atom stereocenters. The maximum atomic E-state index is 13.1. The number of carbonyl (C=O) groups is 1. The zero-order valence-corrected chi connectivity index (χ0v) is 10.4. The SMILES string of the molecule is O=C(c1cc(Br)cc2c1OCC2)C(F)(F)C(F)F. The third-order valence-electron chi connectivity index (χ3n) is 2.57. The predicted molar refractivity (Wildman–Crippen MR) is 58.6 cm³/mol. The Labute approximate surface area is 108 Å². The molecule has 1 aromatic rings. The van der Waals surface area contributed by atoms with Crippen LogP contribution in [0.15, 0.2) is 16.6 Å². The van der Waals surface area contributed by atoms with Crippen molar-refractivity contribution in [3.63, 3.8) is 0 Å². The number of Topliss-reactive ketones (excluding diaryl/α,β-unsaturated/α-hetero) is 1. The van der Waals surface area contributed by atoms with Crippen LogP contribution in [0.2, 0.25) is 0 Å². The Morgan fingerprint density at radius 3 is 2.67 bits per heavy atom. The Kier molecular flexibility index (Phi) is 3.35. The minimum absolute atomic E-state index is 0.0245. The monoisotopic (exact) mass is 326 g/mol. The zero-order chi connectivity index (χ0) is 13.5. The van der Waals surface area contributed by atoms with Gasteiger partial charge in [0.05, 0.1) is 12.2 Å². The van der Waals surface area contributed by atoms with Gasteiger partial charge in [-0.15, -0.1) is 0 Å². The van der Waals surface area contributed by atoms with Crippen molar-refractivity contribution in [1.82, 2.24) is 0 Å². The first kappa shape index (κ1) is 13.3. The quantitative estimate of drug-likeness (QED) is 0.628. The Morgan fingerprint density at radius 1 is 1.39 bits per heavy atom. The van der Waals surface area contributed by atoms with E-state index in [0.29, 0.717) is 16.5 Å². The summed E-state index contributed by atoms with van der Waals surface area (Å²) in [7, 11) is 0. The fraction of sp³-hybridized carbons (Fsp3) is 0.364. The van der Waals surface area contributed by atoms with Gasteiger partial charge in [-0.05, 0) is 17.7 Å². The summed E-state index contributed by atoms with van der Waals surface area (Å²) in [5.74, 6) is -6.65. The number of halogens is 5. The first-order chi connectivity index (χ1) is 8.34. The van der Waals surface area contributed by atoms with Gasteiger partial charge in [0.15, 0.2) is 0 Å². The summed E-state index contributed by atoms with van der Waals surface area (Å²) in [6.07, 6.45) is -3.59. The first-order valence-electron chi connectivity index (χ1n) is 5.00. The van der Waals surface area contributed by atoms with Gasteiger partial charge >= 0.3 is 12.3 Å². The van der Waals surface area contributed by atoms with Crippen molar-refractivity contribution in [1.29, 1.82) is 0 Å². The minimum Gasteiger partial charge on any atom is -0.492 e. The molecule has 2 nitrogen and oxygen atoms in total. The van der Waals surface area contributed by atoms with E-state index in [2.05, 4.69) is 15.9 Å². The number of alkyl halides is 4. The van der Waals surface area contributed by atoms with Crippen molar-refractivity contribution in [2.24, 2.45) is 0 Å². The molecule has 1 aromatic carbocycles. The number of carbonyl (C=O) groups excluding carboxylic acids is 1. The summed E-state index contributed by atoms with van der Waals surface area (Å²) in [5, 5.41) is 0. The average molecular weight is 327 g/mol. The molecule has 0 saturated heterocycles. The molecule has 0 aromatic heterocycles. The van der Waals surface area contributed by atoms with Crippen LogP contribution in [0.25, 0.3) is 0 Å². The van der Waals surface area contributed by atoms with Crippen LogP contribution in [0.3, 0.4) is 0 Å². The molecule has 0 N–H and O–H groups in total. The Balaban J connectivity index is 2.49. The number of rotatable bonds is 3. The molecule has 0 unspecified atom stereocenters. The van der Waals surface area contributed by atoms with Crippen LogP contribution >= 0.6 is 15.9 Å². The molecule has 0 aliphatic carbocycles. The smallest absolute Gasteiger partial charge is 0.369 e. The van der Waals surface area contributed by atoms with Gasteiger partial charge in [-0.1, -0.05) is 15.9 Å². The van der Waals surface area contributed by atoms with Crippen LogP contribution in [-0.4, -0.2) is 24.7 Å². The predicted octanol–water partition coefficient (Wildman–Crippen LogP) is 3.47. The van der Waals surface area contributed by atoms with Crippen LogP contribution < -0.4 is 4.74 Å². The molecular formula is C11H7BrF4O2. The molecule has 0 bridgehead atoms. The fourth-order valence-electron chi connectivity index (χ4n) is 1.72. The number of hydrogen-bond donors (Lipinski definition) is 0. The van der Waals surface area contributed by atoms with E-state index in [-0.39, 0.29) is 12.4 Å². The van der Waals surface area contributed by atoms with Gasteiger partial charge in [-0.2, -0.15) is 8.78 Å². The largest absolute Gasteiger partial charge is 0.492 e. The summed E-state index contributed by atoms with van der Waals surface area (Å²) >= 11 is 3.05. The lowest BCUT2D eigenvalue weighted by molar-refractivity contribution is -0.0959. The number of ether oxygens (including phenoxy) is 1. The molecule has 0 amide bonds. The van der Waals surface area contributed by atoms with Crippen molar-refractivity contribution >= 4 is 21.7 Å². The number of hydrogen-bond acceptors (Lipinski definition) is 2. The molecule has 0 saturated carbocycles. The van der Waals surface area contributed by atoms with Gasteiger partial charge in [-0.3, -0.25) is 4.79 Å². The third kappa shape index (κ3) is 2.11. The molecule has 0 fully saturated rings. The van der Waals surface area contributed by atoms with Crippen molar-refractivity contribution < 1.29 is 27.1 Å². The van der Waals surface area contributed by atoms with Crippen LogP contribution in [0.5, 0.6) is 5.75 Å². The molecule has 0 spiro atoms. The topological polar surface area (TPSA) is 26.3 Å². The third-order valence-corrected chi connectivity index (χ3v) is 3.03. The van der Waals surface area contributed by atoms with E-state index in [1.54, 1.807) is 6.07 Å². The second kappa shape index (κ2) is 4.53. The van der Waals surface area contributed by atoms with Crippen molar-refractivity contribution in [2.45, 2.75) is 18.8 Å². The van der Waals surface area contributed by atoms with Gasteiger partial charge < -0.3 is 4.74 Å². The number of ketones is 1. The maximum Gasteiger partial charge on any atom is 0.369 e. The van der Waals surface area contributed by atoms with E-state index in [1.165, 1.54) is 0 Å².